The number of halogens is 3. The topological polar surface area (TPSA) is 96.1 Å². The molecule has 2 aromatic carbocycles. The summed E-state index contributed by atoms with van der Waals surface area (Å²) < 4.78 is 40.3. The van der Waals surface area contributed by atoms with Crippen molar-refractivity contribution in [1.82, 2.24) is 15.5 Å². The molecule has 0 atom stereocenters. The predicted molar refractivity (Wildman–Crippen MR) is 97.3 cm³/mol. The van der Waals surface area contributed by atoms with E-state index in [2.05, 4.69) is 25.6 Å². The highest BCUT2D eigenvalue weighted by Crippen LogP contribution is 2.23. The summed E-state index contributed by atoms with van der Waals surface area (Å²) >= 11 is 0. The number of amides is 2. The van der Waals surface area contributed by atoms with Crippen LogP contribution in [0.25, 0.3) is 0 Å². The van der Waals surface area contributed by atoms with E-state index < -0.39 is 23.9 Å². The third kappa shape index (κ3) is 5.58. The number of aromatic amines is 1. The van der Waals surface area contributed by atoms with Gasteiger partial charge < -0.3 is 15.4 Å². The lowest BCUT2D eigenvalue weighted by molar-refractivity contribution is -0.274. The van der Waals surface area contributed by atoms with E-state index in [9.17, 15) is 22.8 Å². The molecule has 0 aliphatic carbocycles. The number of alkyl halides is 3. The van der Waals surface area contributed by atoms with Crippen LogP contribution in [0.2, 0.25) is 0 Å². The minimum Gasteiger partial charge on any atom is -0.406 e. The lowest BCUT2D eigenvalue weighted by Crippen LogP contribution is -2.25. The summed E-state index contributed by atoms with van der Waals surface area (Å²) in [6.45, 7) is 0.278. The van der Waals surface area contributed by atoms with Crippen molar-refractivity contribution in [2.24, 2.45) is 0 Å². The maximum Gasteiger partial charge on any atom is 0.573 e. The molecule has 1 heterocycles. The minimum atomic E-state index is -4.82. The quantitative estimate of drug-likeness (QED) is 0.586. The Morgan fingerprint density at radius 1 is 1.00 bits per heavy atom. The molecule has 0 aliphatic heterocycles. The van der Waals surface area contributed by atoms with Crippen LogP contribution in [0.15, 0.2) is 60.8 Å². The number of carbonyl (C=O) groups excluding carboxylic acids is 2. The maximum atomic E-state index is 12.3. The van der Waals surface area contributed by atoms with Crippen LogP contribution in [0.3, 0.4) is 0 Å². The van der Waals surface area contributed by atoms with Gasteiger partial charge in [0.2, 0.25) is 0 Å². The van der Waals surface area contributed by atoms with Crippen molar-refractivity contribution in [3.8, 4) is 5.75 Å². The van der Waals surface area contributed by atoms with Crippen LogP contribution in [-0.4, -0.2) is 28.4 Å². The number of ether oxygens (including phenoxy) is 1. The van der Waals surface area contributed by atoms with Crippen LogP contribution < -0.4 is 15.4 Å². The number of H-pyrrole nitrogens is 1. The molecule has 7 nitrogen and oxygen atoms in total. The van der Waals surface area contributed by atoms with Crippen molar-refractivity contribution >= 4 is 17.5 Å². The van der Waals surface area contributed by atoms with Crippen LogP contribution in [0, 0.1) is 0 Å². The van der Waals surface area contributed by atoms with Gasteiger partial charge in [-0.05, 0) is 29.8 Å². The zero-order valence-corrected chi connectivity index (χ0v) is 14.8. The molecular weight excluding hydrogens is 389 g/mol. The fourth-order valence-electron chi connectivity index (χ4n) is 2.42. The van der Waals surface area contributed by atoms with E-state index in [1.54, 1.807) is 0 Å². The molecule has 0 saturated heterocycles. The molecule has 3 rings (SSSR count). The predicted octanol–water partition coefficient (Wildman–Crippen LogP) is 3.49. The minimum absolute atomic E-state index is 0.0219. The number of anilines is 1. The second kappa shape index (κ2) is 8.46. The lowest BCUT2D eigenvalue weighted by atomic mass is 10.2. The molecule has 0 unspecified atom stereocenters. The van der Waals surface area contributed by atoms with E-state index in [1.807, 2.05) is 30.3 Å². The first-order chi connectivity index (χ1) is 13.8. The van der Waals surface area contributed by atoms with Gasteiger partial charge in [-0.1, -0.05) is 30.3 Å². The second-order valence-electron chi connectivity index (χ2n) is 5.84. The van der Waals surface area contributed by atoms with Crippen LogP contribution in [0.4, 0.5) is 18.9 Å². The zero-order valence-electron chi connectivity index (χ0n) is 14.8. The van der Waals surface area contributed by atoms with E-state index in [4.69, 9.17) is 0 Å². The average Bonchev–Trinajstić information content (AvgIpc) is 3.14. The number of aromatic nitrogens is 2. The smallest absolute Gasteiger partial charge is 0.406 e. The summed E-state index contributed by atoms with van der Waals surface area (Å²) in [5.74, 6) is -1.57. The highest BCUT2D eigenvalue weighted by atomic mass is 19.4. The summed E-state index contributed by atoms with van der Waals surface area (Å²) in [6, 6.07) is 13.6. The summed E-state index contributed by atoms with van der Waals surface area (Å²) in [4.78, 5) is 24.6. The fourth-order valence-corrected chi connectivity index (χ4v) is 2.42. The van der Waals surface area contributed by atoms with Crippen molar-refractivity contribution in [1.29, 1.82) is 0 Å². The van der Waals surface area contributed by atoms with E-state index >= 15 is 0 Å². The molecule has 29 heavy (non-hydrogen) atoms. The van der Waals surface area contributed by atoms with Crippen LogP contribution in [0.1, 0.15) is 26.4 Å². The van der Waals surface area contributed by atoms with Gasteiger partial charge in [-0.25, -0.2) is 0 Å². The Kier molecular flexibility index (Phi) is 5.82. The number of nitrogens with one attached hydrogen (secondary N) is 3. The first kappa shape index (κ1) is 19.9. The molecule has 150 valence electrons. The standard InChI is InChI=1S/C19H15F3N4O3/c20-19(21,22)29-14-8-6-13(7-9-14)17(27)25-15-11-24-26-16(15)18(28)23-10-12-4-2-1-3-5-12/h1-9,11H,10H2,(H,23,28)(H,24,26)(H,25,27). The van der Waals surface area contributed by atoms with Crippen molar-refractivity contribution in [2.45, 2.75) is 12.9 Å². The van der Waals surface area contributed by atoms with Crippen molar-refractivity contribution in [3.63, 3.8) is 0 Å². The first-order valence-corrected chi connectivity index (χ1v) is 8.35. The van der Waals surface area contributed by atoms with Gasteiger partial charge in [0.15, 0.2) is 5.69 Å². The zero-order chi connectivity index (χ0) is 20.9. The van der Waals surface area contributed by atoms with Gasteiger partial charge in [0.05, 0.1) is 5.69 Å². The number of benzene rings is 2. The Morgan fingerprint density at radius 2 is 1.69 bits per heavy atom. The summed E-state index contributed by atoms with van der Waals surface area (Å²) in [7, 11) is 0. The number of hydrogen-bond donors (Lipinski definition) is 3. The number of hydrogen-bond acceptors (Lipinski definition) is 4. The van der Waals surface area contributed by atoms with Crippen LogP contribution in [0.5, 0.6) is 5.75 Å². The SMILES string of the molecule is O=C(Nc1c[nH]nc1C(=O)NCc1ccccc1)c1ccc(OC(F)(F)F)cc1. The molecule has 10 heteroatoms. The Morgan fingerprint density at radius 3 is 2.34 bits per heavy atom. The summed E-state index contributed by atoms with van der Waals surface area (Å²) in [6.07, 6.45) is -3.49. The molecular formula is C19H15F3N4O3. The molecule has 0 saturated carbocycles. The summed E-state index contributed by atoms with van der Waals surface area (Å²) in [5, 5.41) is 11.5. The molecule has 0 fully saturated rings. The van der Waals surface area contributed by atoms with Crippen molar-refractivity contribution < 1.29 is 27.5 Å². The second-order valence-corrected chi connectivity index (χ2v) is 5.84. The van der Waals surface area contributed by atoms with Gasteiger partial charge in [-0.15, -0.1) is 13.2 Å². The van der Waals surface area contributed by atoms with E-state index in [0.29, 0.717) is 0 Å². The van der Waals surface area contributed by atoms with Crippen molar-refractivity contribution in [2.75, 3.05) is 5.32 Å². The van der Waals surface area contributed by atoms with Gasteiger partial charge in [-0.3, -0.25) is 14.7 Å². The van der Waals surface area contributed by atoms with Gasteiger partial charge in [-0.2, -0.15) is 5.10 Å². The molecule has 1 aromatic heterocycles. The molecule has 0 spiro atoms. The van der Waals surface area contributed by atoms with Gasteiger partial charge in [0, 0.05) is 18.3 Å². The third-order valence-corrected chi connectivity index (χ3v) is 3.75. The maximum absolute atomic E-state index is 12.3. The molecule has 2 amide bonds. The highest BCUT2D eigenvalue weighted by Gasteiger charge is 2.31. The van der Waals surface area contributed by atoms with Gasteiger partial charge >= 0.3 is 6.36 Å². The third-order valence-electron chi connectivity index (χ3n) is 3.75. The number of nitrogens with zero attached hydrogens (tertiary/aromatic N) is 1. The summed E-state index contributed by atoms with van der Waals surface area (Å²) in [5.41, 5.74) is 1.09. The Hall–Kier alpha value is -3.82. The molecule has 3 N–H and O–H groups in total. The lowest BCUT2D eigenvalue weighted by Gasteiger charge is -2.09. The van der Waals surface area contributed by atoms with E-state index in [1.165, 1.54) is 18.3 Å². The Balaban J connectivity index is 1.63. The largest absolute Gasteiger partial charge is 0.573 e. The van der Waals surface area contributed by atoms with E-state index in [0.717, 1.165) is 17.7 Å². The Labute approximate surface area is 162 Å². The molecule has 0 bridgehead atoms. The first-order valence-electron chi connectivity index (χ1n) is 8.35. The van der Waals surface area contributed by atoms with Crippen LogP contribution in [-0.2, 0) is 6.54 Å². The van der Waals surface area contributed by atoms with Gasteiger partial charge in [0.1, 0.15) is 5.75 Å². The number of carbonyl (C=O) groups is 2. The normalized spacial score (nSPS) is 11.0. The van der Waals surface area contributed by atoms with Gasteiger partial charge in [0.25, 0.3) is 11.8 Å². The Bertz CT molecular complexity index is 986. The highest BCUT2D eigenvalue weighted by molar-refractivity contribution is 6.08. The monoisotopic (exact) mass is 404 g/mol. The van der Waals surface area contributed by atoms with Crippen LogP contribution >= 0.6 is 0 Å². The van der Waals surface area contributed by atoms with E-state index in [-0.39, 0.29) is 23.5 Å². The molecule has 0 aliphatic rings. The number of rotatable bonds is 6. The van der Waals surface area contributed by atoms with Crippen molar-refractivity contribution in [3.05, 3.63) is 77.6 Å². The molecule has 3 aromatic rings. The molecule has 0 radical (unpaired) electrons. The fraction of sp³-hybridized carbons (Fsp3) is 0.105. The average molecular weight is 404 g/mol.